The molecule has 0 aliphatic carbocycles. The van der Waals surface area contributed by atoms with Crippen molar-refractivity contribution in [2.45, 2.75) is 13.3 Å². The molecule has 0 fully saturated rings. The molecule has 0 radical (unpaired) electrons. The van der Waals surface area contributed by atoms with E-state index >= 15 is 0 Å². The Morgan fingerprint density at radius 2 is 2.26 bits per heavy atom. The Hall–Kier alpha value is -2.16. The summed E-state index contributed by atoms with van der Waals surface area (Å²) < 4.78 is 0. The van der Waals surface area contributed by atoms with Crippen molar-refractivity contribution < 1.29 is 0 Å². The van der Waals surface area contributed by atoms with Gasteiger partial charge in [-0.15, -0.1) is 0 Å². The molecule has 1 atom stereocenters. The fraction of sp³-hybridized carbons (Fsp3) is 0.250. The highest BCUT2D eigenvalue weighted by molar-refractivity contribution is 6.15. The van der Waals surface area contributed by atoms with Crippen LogP contribution < -0.4 is 0 Å². The molecule has 3 rings (SSSR count). The third kappa shape index (κ3) is 2.65. The number of allylic oxidation sites excluding steroid dienone is 1. The Bertz CT molecular complexity index is 594. The van der Waals surface area contributed by atoms with Crippen LogP contribution in [0, 0.1) is 5.92 Å². The number of hydrogen-bond donors (Lipinski definition) is 1. The van der Waals surface area contributed by atoms with Crippen molar-refractivity contribution in [1.29, 1.82) is 0 Å². The van der Waals surface area contributed by atoms with Gasteiger partial charge >= 0.3 is 0 Å². The van der Waals surface area contributed by atoms with Crippen LogP contribution in [-0.2, 0) is 0 Å². The molecular formula is C16H17N3. The fourth-order valence-corrected chi connectivity index (χ4v) is 2.41. The van der Waals surface area contributed by atoms with Crippen LogP contribution in [0.15, 0.2) is 53.4 Å². The zero-order valence-corrected chi connectivity index (χ0v) is 11.0. The summed E-state index contributed by atoms with van der Waals surface area (Å²) in [6.07, 6.45) is 8.88. The number of rotatable bonds is 2. The molecule has 0 amide bonds. The summed E-state index contributed by atoms with van der Waals surface area (Å²) in [6.45, 7) is 3.14. The van der Waals surface area contributed by atoms with E-state index in [1.807, 2.05) is 24.5 Å². The zero-order valence-electron chi connectivity index (χ0n) is 11.0. The first-order valence-corrected chi connectivity index (χ1v) is 6.62. The maximum atomic E-state index is 4.74. The van der Waals surface area contributed by atoms with Crippen molar-refractivity contribution in [2.75, 3.05) is 6.54 Å². The highest BCUT2D eigenvalue weighted by atomic mass is 14.8. The standard InChI is InChI=1S/C16H17N3/c1-12-8-14(9-15-5-3-7-18-15)16(19-10-12)13-4-2-6-17-11-13/h2-7,9,11-12,18H,8,10H2,1H3. The molecule has 0 saturated carbocycles. The van der Waals surface area contributed by atoms with Crippen LogP contribution in [0.2, 0.25) is 0 Å². The molecule has 1 aliphatic rings. The Labute approximate surface area is 113 Å². The van der Waals surface area contributed by atoms with Gasteiger partial charge in [0, 0.05) is 36.4 Å². The van der Waals surface area contributed by atoms with Crippen LogP contribution in [-0.4, -0.2) is 22.2 Å². The number of aliphatic imine (C=N–C) groups is 1. The number of pyridine rings is 1. The molecular weight excluding hydrogens is 234 g/mol. The first-order valence-electron chi connectivity index (χ1n) is 6.62. The average molecular weight is 251 g/mol. The second kappa shape index (κ2) is 5.22. The molecule has 0 saturated heterocycles. The normalized spacial score (nSPS) is 21.4. The van der Waals surface area contributed by atoms with Gasteiger partial charge in [0.15, 0.2) is 0 Å². The molecule has 1 aliphatic heterocycles. The molecule has 3 heterocycles. The monoisotopic (exact) mass is 251 g/mol. The SMILES string of the molecule is CC1CN=C(c2cccnc2)C(=Cc2ccc[nH]2)C1. The summed E-state index contributed by atoms with van der Waals surface area (Å²) in [5.41, 5.74) is 4.60. The molecule has 1 unspecified atom stereocenters. The van der Waals surface area contributed by atoms with Gasteiger partial charge in [0.05, 0.1) is 5.71 Å². The third-order valence-electron chi connectivity index (χ3n) is 3.32. The zero-order chi connectivity index (χ0) is 13.1. The summed E-state index contributed by atoms with van der Waals surface area (Å²) in [5.74, 6) is 0.599. The van der Waals surface area contributed by atoms with Crippen molar-refractivity contribution >= 4 is 11.8 Å². The van der Waals surface area contributed by atoms with Crippen LogP contribution in [0.4, 0.5) is 0 Å². The van der Waals surface area contributed by atoms with Gasteiger partial charge in [-0.25, -0.2) is 0 Å². The highest BCUT2D eigenvalue weighted by Crippen LogP contribution is 2.24. The lowest BCUT2D eigenvalue weighted by Gasteiger charge is -2.21. The summed E-state index contributed by atoms with van der Waals surface area (Å²) in [7, 11) is 0. The molecule has 19 heavy (non-hydrogen) atoms. The van der Waals surface area contributed by atoms with Crippen molar-refractivity contribution in [3.05, 3.63) is 59.7 Å². The molecule has 1 N–H and O–H groups in total. The van der Waals surface area contributed by atoms with Gasteiger partial charge in [-0.2, -0.15) is 0 Å². The molecule has 2 aromatic rings. The first-order chi connectivity index (χ1) is 9.33. The lowest BCUT2D eigenvalue weighted by atomic mass is 9.90. The predicted octanol–water partition coefficient (Wildman–Crippen LogP) is 3.32. The number of aromatic amines is 1. The van der Waals surface area contributed by atoms with Crippen LogP contribution in [0.3, 0.4) is 0 Å². The van der Waals surface area contributed by atoms with Gasteiger partial charge in [-0.1, -0.05) is 6.92 Å². The highest BCUT2D eigenvalue weighted by Gasteiger charge is 2.18. The molecule has 2 aromatic heterocycles. The minimum Gasteiger partial charge on any atom is -0.362 e. The lowest BCUT2D eigenvalue weighted by Crippen LogP contribution is -2.17. The minimum absolute atomic E-state index is 0.599. The maximum absolute atomic E-state index is 4.74. The summed E-state index contributed by atoms with van der Waals surface area (Å²) in [5, 5.41) is 0. The van der Waals surface area contributed by atoms with E-state index in [9.17, 15) is 0 Å². The van der Waals surface area contributed by atoms with E-state index in [-0.39, 0.29) is 0 Å². The Balaban J connectivity index is 2.00. The maximum Gasteiger partial charge on any atom is 0.0695 e. The van der Waals surface area contributed by atoms with Gasteiger partial charge in [-0.05, 0) is 48.3 Å². The van der Waals surface area contributed by atoms with Gasteiger partial charge in [0.25, 0.3) is 0 Å². The second-order valence-electron chi connectivity index (χ2n) is 5.04. The van der Waals surface area contributed by atoms with Crippen molar-refractivity contribution in [1.82, 2.24) is 9.97 Å². The summed E-state index contributed by atoms with van der Waals surface area (Å²) >= 11 is 0. The van der Waals surface area contributed by atoms with E-state index in [0.717, 1.165) is 29.9 Å². The fourth-order valence-electron chi connectivity index (χ4n) is 2.41. The largest absolute Gasteiger partial charge is 0.362 e. The van der Waals surface area contributed by atoms with E-state index in [2.05, 4.69) is 35.1 Å². The number of H-pyrrole nitrogens is 1. The second-order valence-corrected chi connectivity index (χ2v) is 5.04. The average Bonchev–Trinajstić information content (AvgIpc) is 2.93. The van der Waals surface area contributed by atoms with Gasteiger partial charge in [0.1, 0.15) is 0 Å². The van der Waals surface area contributed by atoms with Crippen molar-refractivity contribution in [3.63, 3.8) is 0 Å². The van der Waals surface area contributed by atoms with E-state index in [4.69, 9.17) is 4.99 Å². The van der Waals surface area contributed by atoms with E-state index in [1.165, 1.54) is 5.57 Å². The number of aromatic nitrogens is 2. The molecule has 0 bridgehead atoms. The van der Waals surface area contributed by atoms with Gasteiger partial charge in [0.2, 0.25) is 0 Å². The smallest absolute Gasteiger partial charge is 0.0695 e. The third-order valence-corrected chi connectivity index (χ3v) is 3.32. The molecule has 0 spiro atoms. The number of nitrogens with zero attached hydrogens (tertiary/aromatic N) is 2. The predicted molar refractivity (Wildman–Crippen MR) is 78.2 cm³/mol. The summed E-state index contributed by atoms with van der Waals surface area (Å²) in [6, 6.07) is 8.12. The van der Waals surface area contributed by atoms with Crippen LogP contribution in [0.25, 0.3) is 6.08 Å². The van der Waals surface area contributed by atoms with Crippen molar-refractivity contribution in [3.8, 4) is 0 Å². The van der Waals surface area contributed by atoms with E-state index < -0.39 is 0 Å². The van der Waals surface area contributed by atoms with E-state index in [1.54, 1.807) is 6.20 Å². The number of hydrogen-bond acceptors (Lipinski definition) is 2. The Morgan fingerprint density at radius 1 is 1.32 bits per heavy atom. The molecule has 3 nitrogen and oxygen atoms in total. The van der Waals surface area contributed by atoms with Crippen LogP contribution in [0.5, 0.6) is 0 Å². The van der Waals surface area contributed by atoms with Crippen LogP contribution >= 0.6 is 0 Å². The Morgan fingerprint density at radius 3 is 3.00 bits per heavy atom. The van der Waals surface area contributed by atoms with E-state index in [0.29, 0.717) is 5.92 Å². The number of nitrogens with one attached hydrogen (secondary N) is 1. The summed E-state index contributed by atoms with van der Waals surface area (Å²) in [4.78, 5) is 12.2. The minimum atomic E-state index is 0.599. The molecule has 3 heteroatoms. The first kappa shape index (κ1) is 11.9. The van der Waals surface area contributed by atoms with Gasteiger partial charge in [-0.3, -0.25) is 9.98 Å². The lowest BCUT2D eigenvalue weighted by molar-refractivity contribution is 0.586. The van der Waals surface area contributed by atoms with Crippen LogP contribution in [0.1, 0.15) is 24.6 Å². The van der Waals surface area contributed by atoms with Gasteiger partial charge < -0.3 is 4.98 Å². The molecule has 96 valence electrons. The quantitative estimate of drug-likeness (QED) is 0.874. The molecule has 0 aromatic carbocycles. The topological polar surface area (TPSA) is 41.0 Å². The van der Waals surface area contributed by atoms with Crippen molar-refractivity contribution in [2.24, 2.45) is 10.9 Å². The Kier molecular flexibility index (Phi) is 3.27.